The van der Waals surface area contributed by atoms with Crippen LogP contribution in [-0.2, 0) is 6.54 Å². The number of halogens is 1. The molecule has 0 aliphatic heterocycles. The monoisotopic (exact) mass is 338 g/mol. The minimum atomic E-state index is 0.0293. The molecule has 1 amide bonds. The molecule has 0 aliphatic carbocycles. The number of aryl methyl sites for hydroxylation is 2. The second-order valence-corrected chi connectivity index (χ2v) is 6.64. The molecule has 100 valence electrons. The highest BCUT2D eigenvalue weighted by atomic mass is 79.9. The number of amides is 1. The van der Waals surface area contributed by atoms with Gasteiger partial charge in [0.05, 0.1) is 11.6 Å². The third-order valence-corrected chi connectivity index (χ3v) is 4.60. The van der Waals surface area contributed by atoms with E-state index in [-0.39, 0.29) is 5.91 Å². The molecule has 0 fully saturated rings. The van der Waals surface area contributed by atoms with Crippen molar-refractivity contribution in [2.75, 3.05) is 7.05 Å². The molecular formula is C14H15BrN2OS. The van der Waals surface area contributed by atoms with Crippen LogP contribution < -0.4 is 0 Å². The lowest BCUT2D eigenvalue weighted by molar-refractivity contribution is 0.0786. The minimum absolute atomic E-state index is 0.0293. The van der Waals surface area contributed by atoms with Gasteiger partial charge in [-0.2, -0.15) is 0 Å². The molecule has 1 aromatic heterocycles. The maximum atomic E-state index is 12.3. The first-order valence-electron chi connectivity index (χ1n) is 5.90. The Kier molecular flexibility index (Phi) is 4.37. The van der Waals surface area contributed by atoms with Gasteiger partial charge < -0.3 is 4.90 Å². The van der Waals surface area contributed by atoms with E-state index in [1.807, 2.05) is 45.3 Å². The Bertz CT molecular complexity index is 609. The predicted octanol–water partition coefficient (Wildman–Crippen LogP) is 3.79. The summed E-state index contributed by atoms with van der Waals surface area (Å²) >= 11 is 5.06. The standard InChI is InChI=1S/C14H15BrN2OS/c1-9-6-11(4-5-13(9)15)14(18)17(3)8-12-7-16-10(2)19-12/h4-7H,8H2,1-3H3. The van der Waals surface area contributed by atoms with Crippen molar-refractivity contribution in [1.29, 1.82) is 0 Å². The summed E-state index contributed by atoms with van der Waals surface area (Å²) in [7, 11) is 1.81. The zero-order valence-electron chi connectivity index (χ0n) is 11.1. The average Bonchev–Trinajstić information content (AvgIpc) is 2.77. The Morgan fingerprint density at radius 2 is 2.16 bits per heavy atom. The lowest BCUT2D eigenvalue weighted by atomic mass is 10.1. The van der Waals surface area contributed by atoms with Gasteiger partial charge in [-0.1, -0.05) is 15.9 Å². The quantitative estimate of drug-likeness (QED) is 0.852. The Morgan fingerprint density at radius 1 is 1.42 bits per heavy atom. The van der Waals surface area contributed by atoms with Crippen LogP contribution in [0.1, 0.15) is 25.8 Å². The van der Waals surface area contributed by atoms with E-state index in [2.05, 4.69) is 20.9 Å². The molecular weight excluding hydrogens is 324 g/mol. The average molecular weight is 339 g/mol. The molecule has 2 aromatic rings. The van der Waals surface area contributed by atoms with Crippen molar-refractivity contribution in [2.24, 2.45) is 0 Å². The lowest BCUT2D eigenvalue weighted by Gasteiger charge is -2.16. The van der Waals surface area contributed by atoms with Crippen molar-refractivity contribution in [3.8, 4) is 0 Å². The first-order chi connectivity index (χ1) is 8.97. The van der Waals surface area contributed by atoms with Crippen LogP contribution in [-0.4, -0.2) is 22.8 Å². The molecule has 0 bridgehead atoms. The molecule has 0 spiro atoms. The molecule has 0 N–H and O–H groups in total. The number of hydrogen-bond donors (Lipinski definition) is 0. The van der Waals surface area contributed by atoms with Gasteiger partial charge in [-0.3, -0.25) is 4.79 Å². The normalized spacial score (nSPS) is 10.5. The maximum absolute atomic E-state index is 12.3. The summed E-state index contributed by atoms with van der Waals surface area (Å²) in [6.07, 6.45) is 1.83. The smallest absolute Gasteiger partial charge is 0.253 e. The van der Waals surface area contributed by atoms with Crippen LogP contribution in [0.15, 0.2) is 28.9 Å². The van der Waals surface area contributed by atoms with Crippen molar-refractivity contribution in [2.45, 2.75) is 20.4 Å². The first kappa shape index (κ1) is 14.2. The van der Waals surface area contributed by atoms with Gasteiger partial charge in [-0.05, 0) is 37.6 Å². The molecule has 0 saturated heterocycles. The zero-order chi connectivity index (χ0) is 14.0. The highest BCUT2D eigenvalue weighted by molar-refractivity contribution is 9.10. The molecule has 3 nitrogen and oxygen atoms in total. The molecule has 1 aromatic carbocycles. The van der Waals surface area contributed by atoms with E-state index >= 15 is 0 Å². The van der Waals surface area contributed by atoms with E-state index in [1.165, 1.54) is 0 Å². The molecule has 0 aliphatic rings. The molecule has 0 atom stereocenters. The van der Waals surface area contributed by atoms with E-state index in [4.69, 9.17) is 0 Å². The van der Waals surface area contributed by atoms with Gasteiger partial charge in [0.2, 0.25) is 0 Å². The van der Waals surface area contributed by atoms with Gasteiger partial charge in [0, 0.05) is 28.2 Å². The number of nitrogens with zero attached hydrogens (tertiary/aromatic N) is 2. The van der Waals surface area contributed by atoms with Crippen LogP contribution in [0, 0.1) is 13.8 Å². The van der Waals surface area contributed by atoms with Gasteiger partial charge >= 0.3 is 0 Å². The second kappa shape index (κ2) is 5.84. The Morgan fingerprint density at radius 3 is 2.74 bits per heavy atom. The largest absolute Gasteiger partial charge is 0.337 e. The Labute approximate surface area is 125 Å². The second-order valence-electron chi connectivity index (χ2n) is 4.47. The van der Waals surface area contributed by atoms with Crippen molar-refractivity contribution in [1.82, 2.24) is 9.88 Å². The highest BCUT2D eigenvalue weighted by Gasteiger charge is 2.13. The summed E-state index contributed by atoms with van der Waals surface area (Å²) in [5.74, 6) is 0.0293. The van der Waals surface area contributed by atoms with Crippen LogP contribution in [0.3, 0.4) is 0 Å². The lowest BCUT2D eigenvalue weighted by Crippen LogP contribution is -2.25. The topological polar surface area (TPSA) is 33.2 Å². The van der Waals surface area contributed by atoms with Crippen LogP contribution in [0.2, 0.25) is 0 Å². The van der Waals surface area contributed by atoms with E-state index in [0.29, 0.717) is 12.1 Å². The van der Waals surface area contributed by atoms with Crippen LogP contribution in [0.25, 0.3) is 0 Å². The van der Waals surface area contributed by atoms with Crippen molar-refractivity contribution in [3.05, 3.63) is 49.9 Å². The van der Waals surface area contributed by atoms with Gasteiger partial charge in [0.15, 0.2) is 0 Å². The summed E-state index contributed by atoms with van der Waals surface area (Å²) < 4.78 is 1.02. The number of rotatable bonds is 3. The third kappa shape index (κ3) is 3.42. The fourth-order valence-corrected chi connectivity index (χ4v) is 2.88. The first-order valence-corrected chi connectivity index (χ1v) is 7.51. The van der Waals surface area contributed by atoms with Crippen molar-refractivity contribution in [3.63, 3.8) is 0 Å². The zero-order valence-corrected chi connectivity index (χ0v) is 13.5. The van der Waals surface area contributed by atoms with Gasteiger partial charge in [-0.15, -0.1) is 11.3 Å². The van der Waals surface area contributed by atoms with Crippen LogP contribution in [0.5, 0.6) is 0 Å². The number of carbonyl (C=O) groups is 1. The fraction of sp³-hybridized carbons (Fsp3) is 0.286. The molecule has 1 heterocycles. The summed E-state index contributed by atoms with van der Waals surface area (Å²) in [4.78, 5) is 19.3. The summed E-state index contributed by atoms with van der Waals surface area (Å²) in [6.45, 7) is 4.54. The molecule has 0 radical (unpaired) electrons. The fourth-order valence-electron chi connectivity index (χ4n) is 1.78. The predicted molar refractivity (Wildman–Crippen MR) is 81.5 cm³/mol. The van der Waals surface area contributed by atoms with Crippen LogP contribution in [0.4, 0.5) is 0 Å². The van der Waals surface area contributed by atoms with E-state index in [1.54, 1.807) is 16.2 Å². The Balaban J connectivity index is 2.12. The number of aromatic nitrogens is 1. The number of thiazole rings is 1. The Hall–Kier alpha value is -1.20. The summed E-state index contributed by atoms with van der Waals surface area (Å²) in [5.41, 5.74) is 1.78. The van der Waals surface area contributed by atoms with Gasteiger partial charge in [-0.25, -0.2) is 4.98 Å². The van der Waals surface area contributed by atoms with Gasteiger partial charge in [0.1, 0.15) is 0 Å². The number of carbonyl (C=O) groups excluding carboxylic acids is 1. The highest BCUT2D eigenvalue weighted by Crippen LogP contribution is 2.19. The minimum Gasteiger partial charge on any atom is -0.337 e. The summed E-state index contributed by atoms with van der Waals surface area (Å²) in [6, 6.07) is 5.65. The van der Waals surface area contributed by atoms with E-state index in [0.717, 1.165) is 19.9 Å². The summed E-state index contributed by atoms with van der Waals surface area (Å²) in [5, 5.41) is 1.02. The third-order valence-electron chi connectivity index (χ3n) is 2.81. The number of benzene rings is 1. The molecule has 0 saturated carbocycles. The van der Waals surface area contributed by atoms with E-state index in [9.17, 15) is 4.79 Å². The number of hydrogen-bond acceptors (Lipinski definition) is 3. The van der Waals surface area contributed by atoms with Crippen molar-refractivity contribution >= 4 is 33.2 Å². The van der Waals surface area contributed by atoms with Crippen LogP contribution >= 0.6 is 27.3 Å². The SMILES string of the molecule is Cc1ncc(CN(C)C(=O)c2ccc(Br)c(C)c2)s1. The van der Waals surface area contributed by atoms with E-state index < -0.39 is 0 Å². The molecule has 0 unspecified atom stereocenters. The van der Waals surface area contributed by atoms with Crippen molar-refractivity contribution < 1.29 is 4.79 Å². The molecule has 5 heteroatoms. The molecule has 19 heavy (non-hydrogen) atoms. The van der Waals surface area contributed by atoms with Gasteiger partial charge in [0.25, 0.3) is 5.91 Å². The maximum Gasteiger partial charge on any atom is 0.253 e. The molecule has 2 rings (SSSR count).